The van der Waals surface area contributed by atoms with E-state index >= 15 is 0 Å². The molecule has 0 aliphatic rings. The van der Waals surface area contributed by atoms with Gasteiger partial charge in [-0.1, -0.05) is 187 Å². The van der Waals surface area contributed by atoms with Crippen molar-refractivity contribution < 1.29 is 28.6 Å². The van der Waals surface area contributed by atoms with E-state index in [2.05, 4.69) is 93.7 Å². The molecule has 1 unspecified atom stereocenters. The quantitative estimate of drug-likeness (QED) is 0.0201. The summed E-state index contributed by atoms with van der Waals surface area (Å²) in [4.78, 5) is 37.8. The molecule has 0 saturated heterocycles. The van der Waals surface area contributed by atoms with Crippen molar-refractivity contribution in [2.24, 2.45) is 0 Å². The first-order valence-electron chi connectivity index (χ1n) is 23.6. The van der Waals surface area contributed by atoms with Gasteiger partial charge in [0.05, 0.1) is 0 Å². The molecule has 0 amide bonds. The molecular formula is C54H84O6. The van der Waals surface area contributed by atoms with E-state index in [1.54, 1.807) is 0 Å². The number of hydrogen-bond acceptors (Lipinski definition) is 6. The lowest BCUT2D eigenvalue weighted by Gasteiger charge is -2.18. The summed E-state index contributed by atoms with van der Waals surface area (Å²) in [6, 6.07) is 0. The van der Waals surface area contributed by atoms with Crippen LogP contribution in [-0.4, -0.2) is 37.2 Å². The third-order valence-electron chi connectivity index (χ3n) is 9.29. The van der Waals surface area contributed by atoms with E-state index in [0.29, 0.717) is 19.3 Å². The molecule has 0 aromatic heterocycles. The predicted octanol–water partition coefficient (Wildman–Crippen LogP) is 15.4. The summed E-state index contributed by atoms with van der Waals surface area (Å²) in [6.45, 7) is 6.23. The molecule has 0 bridgehead atoms. The van der Waals surface area contributed by atoms with Crippen LogP contribution in [0.25, 0.3) is 0 Å². The van der Waals surface area contributed by atoms with Gasteiger partial charge in [-0.25, -0.2) is 0 Å². The summed E-state index contributed by atoms with van der Waals surface area (Å²) in [5, 5.41) is 0. The van der Waals surface area contributed by atoms with Crippen LogP contribution in [0.4, 0.5) is 0 Å². The molecule has 0 aromatic carbocycles. The summed E-state index contributed by atoms with van der Waals surface area (Å²) in [6.07, 6.45) is 64.8. The van der Waals surface area contributed by atoms with Gasteiger partial charge in [0.2, 0.25) is 0 Å². The van der Waals surface area contributed by atoms with Crippen molar-refractivity contribution in [2.45, 2.75) is 187 Å². The molecule has 60 heavy (non-hydrogen) atoms. The standard InChI is InChI=1S/C54H84O6/c1-4-7-10-13-16-19-22-25-26-27-30-32-35-38-41-44-47-53(56)59-50-51(60-54(57)48-45-42-39-36-33-29-24-21-18-15-12-9-6-3)49-58-52(55)46-43-40-37-34-31-28-23-20-17-14-11-8-5-2/h7,9-10,12,15-16,18-19,21,24-26,28-33,38,41,51H,4-6,8,11,13-14,17,20,22-23,27,34-37,39-40,42-50H2,1-3H3/b10-7+,12-9+,18-15+,19-16+,24-21+,26-25+,31-28+,32-30+,33-29+,41-38+. The second-order valence-corrected chi connectivity index (χ2v) is 15.0. The van der Waals surface area contributed by atoms with E-state index in [4.69, 9.17) is 14.2 Å². The molecule has 0 heterocycles. The molecule has 0 radical (unpaired) electrons. The van der Waals surface area contributed by atoms with E-state index in [1.165, 1.54) is 38.5 Å². The smallest absolute Gasteiger partial charge is 0.306 e. The van der Waals surface area contributed by atoms with Crippen molar-refractivity contribution in [3.8, 4) is 0 Å². The van der Waals surface area contributed by atoms with Gasteiger partial charge in [0.1, 0.15) is 13.2 Å². The maximum Gasteiger partial charge on any atom is 0.306 e. The van der Waals surface area contributed by atoms with Gasteiger partial charge in [-0.15, -0.1) is 0 Å². The van der Waals surface area contributed by atoms with Crippen molar-refractivity contribution in [3.63, 3.8) is 0 Å². The number of carbonyl (C=O) groups is 3. The van der Waals surface area contributed by atoms with Crippen LogP contribution in [0.2, 0.25) is 0 Å². The lowest BCUT2D eigenvalue weighted by molar-refractivity contribution is -0.166. The lowest BCUT2D eigenvalue weighted by Crippen LogP contribution is -2.30. The first-order valence-corrected chi connectivity index (χ1v) is 23.6. The van der Waals surface area contributed by atoms with Gasteiger partial charge < -0.3 is 14.2 Å². The Labute approximate surface area is 367 Å². The van der Waals surface area contributed by atoms with Crippen molar-refractivity contribution in [1.82, 2.24) is 0 Å². The summed E-state index contributed by atoms with van der Waals surface area (Å²) in [7, 11) is 0. The number of rotatable bonds is 40. The van der Waals surface area contributed by atoms with E-state index in [-0.39, 0.29) is 44.0 Å². The van der Waals surface area contributed by atoms with Gasteiger partial charge in [0.15, 0.2) is 6.10 Å². The third kappa shape index (κ3) is 44.9. The van der Waals surface area contributed by atoms with Gasteiger partial charge in [0, 0.05) is 19.3 Å². The predicted molar refractivity (Wildman–Crippen MR) is 256 cm³/mol. The first kappa shape index (κ1) is 55.8. The largest absolute Gasteiger partial charge is 0.462 e. The van der Waals surface area contributed by atoms with Crippen LogP contribution in [0, 0.1) is 0 Å². The zero-order valence-corrected chi connectivity index (χ0v) is 38.2. The van der Waals surface area contributed by atoms with Crippen LogP contribution in [0.5, 0.6) is 0 Å². The molecule has 6 heteroatoms. The fourth-order valence-electron chi connectivity index (χ4n) is 5.79. The van der Waals surface area contributed by atoms with E-state index in [1.807, 2.05) is 48.6 Å². The zero-order chi connectivity index (χ0) is 43.7. The maximum absolute atomic E-state index is 12.7. The Hall–Kier alpha value is -4.19. The number of unbranched alkanes of at least 4 members (excludes halogenated alkanes) is 12. The summed E-state index contributed by atoms with van der Waals surface area (Å²) < 4.78 is 16.6. The molecule has 336 valence electrons. The average molecular weight is 829 g/mol. The molecule has 0 N–H and O–H groups in total. The maximum atomic E-state index is 12.7. The lowest BCUT2D eigenvalue weighted by atomic mass is 10.1. The second kappa shape index (κ2) is 47.5. The molecule has 6 nitrogen and oxygen atoms in total. The van der Waals surface area contributed by atoms with Gasteiger partial charge in [-0.2, -0.15) is 0 Å². The monoisotopic (exact) mass is 829 g/mol. The highest BCUT2D eigenvalue weighted by atomic mass is 16.6. The number of carbonyl (C=O) groups excluding carboxylic acids is 3. The Morgan fingerprint density at radius 1 is 0.367 bits per heavy atom. The topological polar surface area (TPSA) is 78.9 Å². The fourth-order valence-corrected chi connectivity index (χ4v) is 5.79. The third-order valence-corrected chi connectivity index (χ3v) is 9.29. The van der Waals surface area contributed by atoms with Crippen LogP contribution in [0.1, 0.15) is 181 Å². The highest BCUT2D eigenvalue weighted by Crippen LogP contribution is 2.11. The fraction of sp³-hybridized carbons (Fsp3) is 0.574. The van der Waals surface area contributed by atoms with Crippen LogP contribution in [0.3, 0.4) is 0 Å². The van der Waals surface area contributed by atoms with Crippen molar-refractivity contribution in [1.29, 1.82) is 0 Å². The molecule has 0 aromatic rings. The van der Waals surface area contributed by atoms with Gasteiger partial charge in [-0.05, 0) is 96.3 Å². The molecule has 0 saturated carbocycles. The summed E-state index contributed by atoms with van der Waals surface area (Å²) >= 11 is 0. The van der Waals surface area contributed by atoms with Gasteiger partial charge in [-0.3, -0.25) is 14.4 Å². The number of allylic oxidation sites excluding steroid dienone is 20. The van der Waals surface area contributed by atoms with Crippen molar-refractivity contribution in [3.05, 3.63) is 122 Å². The molecule has 0 rings (SSSR count). The van der Waals surface area contributed by atoms with Gasteiger partial charge in [0.25, 0.3) is 0 Å². The molecular weight excluding hydrogens is 745 g/mol. The van der Waals surface area contributed by atoms with E-state index < -0.39 is 6.10 Å². The number of hydrogen-bond donors (Lipinski definition) is 0. The van der Waals surface area contributed by atoms with Crippen LogP contribution >= 0.6 is 0 Å². The Kier molecular flexibility index (Phi) is 44.2. The molecule has 1 atom stereocenters. The normalized spacial score (nSPS) is 13.2. The Morgan fingerprint density at radius 3 is 1.32 bits per heavy atom. The molecule has 0 fully saturated rings. The van der Waals surface area contributed by atoms with Crippen LogP contribution in [0.15, 0.2) is 122 Å². The zero-order valence-electron chi connectivity index (χ0n) is 38.2. The molecule has 0 aliphatic heterocycles. The minimum atomic E-state index is -0.836. The number of esters is 3. The van der Waals surface area contributed by atoms with Crippen LogP contribution in [-0.2, 0) is 28.6 Å². The Balaban J connectivity index is 4.61. The average Bonchev–Trinajstić information content (AvgIpc) is 3.24. The van der Waals surface area contributed by atoms with E-state index in [0.717, 1.165) is 89.9 Å². The second-order valence-electron chi connectivity index (χ2n) is 15.0. The highest BCUT2D eigenvalue weighted by Gasteiger charge is 2.19. The minimum Gasteiger partial charge on any atom is -0.462 e. The molecule has 0 aliphatic carbocycles. The number of ether oxygens (including phenoxy) is 3. The Bertz CT molecular complexity index is 1320. The Morgan fingerprint density at radius 2 is 0.767 bits per heavy atom. The minimum absolute atomic E-state index is 0.129. The van der Waals surface area contributed by atoms with Gasteiger partial charge >= 0.3 is 17.9 Å². The summed E-state index contributed by atoms with van der Waals surface area (Å²) in [5.41, 5.74) is 0. The first-order chi connectivity index (χ1) is 29.5. The van der Waals surface area contributed by atoms with Crippen LogP contribution < -0.4 is 0 Å². The van der Waals surface area contributed by atoms with Crippen molar-refractivity contribution in [2.75, 3.05) is 13.2 Å². The molecule has 0 spiro atoms. The highest BCUT2D eigenvalue weighted by molar-refractivity contribution is 5.71. The SMILES string of the molecule is CC/C=C/C=C/C=C/C=C/CCCCCC(=O)OC(COC(=O)CC/C=C/C/C=C/C/C=C/C/C=C/C/C=C/CC)COC(=O)CCCCC/C=C/CCCCCCCC. The van der Waals surface area contributed by atoms with Crippen molar-refractivity contribution >= 4 is 17.9 Å². The summed E-state index contributed by atoms with van der Waals surface area (Å²) in [5.74, 6) is -1.08. The van der Waals surface area contributed by atoms with E-state index in [9.17, 15) is 14.4 Å².